The van der Waals surface area contributed by atoms with E-state index in [9.17, 15) is 4.79 Å². The normalized spacial score (nSPS) is 11.1. The number of nitrogens with zero attached hydrogens (tertiary/aromatic N) is 1. The van der Waals surface area contributed by atoms with Gasteiger partial charge in [-0.15, -0.1) is 0 Å². The van der Waals surface area contributed by atoms with Gasteiger partial charge in [0, 0.05) is 11.1 Å². The second kappa shape index (κ2) is 9.52. The number of hydrogen-bond donors (Lipinski definition) is 3. The van der Waals surface area contributed by atoms with Crippen LogP contribution in [0.25, 0.3) is 10.9 Å². The van der Waals surface area contributed by atoms with Crippen LogP contribution in [0, 0.1) is 13.8 Å². The van der Waals surface area contributed by atoms with Gasteiger partial charge >= 0.3 is 0 Å². The first kappa shape index (κ1) is 20.8. The Kier molecular flexibility index (Phi) is 6.83. The van der Waals surface area contributed by atoms with Gasteiger partial charge in [0.2, 0.25) is 0 Å². The van der Waals surface area contributed by atoms with Gasteiger partial charge in [-0.2, -0.15) is 0 Å². The van der Waals surface area contributed by atoms with Gasteiger partial charge in [-0.25, -0.2) is 4.98 Å². The Labute approximate surface area is 173 Å². The van der Waals surface area contributed by atoms with Crippen molar-refractivity contribution in [2.75, 3.05) is 31.5 Å². The highest BCUT2D eigenvalue weighted by molar-refractivity contribution is 6.07. The predicted molar refractivity (Wildman–Crippen MR) is 120 cm³/mol. The standard InChI is InChI=1S/C24H30N4O/c1-5-28(6-2)14-13-25-24(29)21-16-23(27-22-10-8-7-9-20(21)22)26-19-12-11-17(3)18(4)15-19/h7-12,15-16H,5-6,13-14H2,1-4H3,(H,25,29)(H,26,27)/p+1. The number of quaternary nitrogens is 1. The number of rotatable bonds is 8. The van der Waals surface area contributed by atoms with E-state index in [2.05, 4.69) is 50.5 Å². The molecule has 0 aliphatic heterocycles. The summed E-state index contributed by atoms with van der Waals surface area (Å²) in [7, 11) is 0. The maximum atomic E-state index is 12.9. The summed E-state index contributed by atoms with van der Waals surface area (Å²) in [4.78, 5) is 19.1. The number of pyridine rings is 1. The number of anilines is 2. The fourth-order valence-corrected chi connectivity index (χ4v) is 3.45. The molecular weight excluding hydrogens is 360 g/mol. The van der Waals surface area contributed by atoms with E-state index in [1.165, 1.54) is 16.0 Å². The quantitative estimate of drug-likeness (QED) is 0.552. The summed E-state index contributed by atoms with van der Waals surface area (Å²) >= 11 is 0. The molecule has 0 aliphatic rings. The Morgan fingerprint density at radius 3 is 2.48 bits per heavy atom. The maximum absolute atomic E-state index is 12.9. The highest BCUT2D eigenvalue weighted by Gasteiger charge is 2.14. The van der Waals surface area contributed by atoms with Crippen molar-refractivity contribution in [2.24, 2.45) is 0 Å². The van der Waals surface area contributed by atoms with Crippen LogP contribution in [0.15, 0.2) is 48.5 Å². The highest BCUT2D eigenvalue weighted by atomic mass is 16.1. The first-order valence-corrected chi connectivity index (χ1v) is 10.4. The maximum Gasteiger partial charge on any atom is 0.252 e. The number of carbonyl (C=O) groups is 1. The number of aryl methyl sites for hydroxylation is 2. The largest absolute Gasteiger partial charge is 0.346 e. The Hall–Kier alpha value is -2.92. The molecule has 3 N–H and O–H groups in total. The summed E-state index contributed by atoms with van der Waals surface area (Å²) in [6.45, 7) is 12.2. The van der Waals surface area contributed by atoms with E-state index in [1.54, 1.807) is 0 Å². The van der Waals surface area contributed by atoms with Crippen molar-refractivity contribution < 1.29 is 9.69 Å². The molecule has 0 bridgehead atoms. The Morgan fingerprint density at radius 1 is 1.00 bits per heavy atom. The van der Waals surface area contributed by atoms with Gasteiger partial charge in [-0.3, -0.25) is 4.79 Å². The van der Waals surface area contributed by atoms with E-state index in [0.29, 0.717) is 17.9 Å². The molecule has 0 spiro atoms. The van der Waals surface area contributed by atoms with Crippen LogP contribution in [0.3, 0.4) is 0 Å². The summed E-state index contributed by atoms with van der Waals surface area (Å²) in [6, 6.07) is 15.8. The number of hydrogen-bond acceptors (Lipinski definition) is 3. The Balaban J connectivity index is 1.85. The molecule has 1 heterocycles. The smallest absolute Gasteiger partial charge is 0.252 e. The number of para-hydroxylation sites is 1. The average molecular weight is 392 g/mol. The number of carbonyl (C=O) groups excluding carboxylic acids is 1. The Bertz CT molecular complexity index is 995. The van der Waals surface area contributed by atoms with E-state index >= 15 is 0 Å². The lowest BCUT2D eigenvalue weighted by Crippen LogP contribution is -3.12. The molecule has 0 fully saturated rings. The molecule has 2 aromatic carbocycles. The van der Waals surface area contributed by atoms with Gasteiger partial charge in [-0.05, 0) is 63.1 Å². The molecule has 1 aromatic heterocycles. The van der Waals surface area contributed by atoms with Crippen LogP contribution in [-0.4, -0.2) is 37.1 Å². The lowest BCUT2D eigenvalue weighted by molar-refractivity contribution is -0.895. The van der Waals surface area contributed by atoms with Crippen LogP contribution in [0.1, 0.15) is 35.3 Å². The third kappa shape index (κ3) is 5.12. The van der Waals surface area contributed by atoms with Crippen LogP contribution < -0.4 is 15.5 Å². The summed E-state index contributed by atoms with van der Waals surface area (Å²) in [5.74, 6) is 0.616. The molecule has 0 radical (unpaired) electrons. The molecule has 1 amide bonds. The van der Waals surface area contributed by atoms with Crippen LogP contribution in [0.2, 0.25) is 0 Å². The summed E-state index contributed by atoms with van der Waals surface area (Å²) < 4.78 is 0. The molecule has 3 rings (SSSR count). The topological polar surface area (TPSA) is 58.5 Å². The van der Waals surface area contributed by atoms with Crippen LogP contribution in [0.4, 0.5) is 11.5 Å². The molecule has 0 saturated heterocycles. The van der Waals surface area contributed by atoms with E-state index in [0.717, 1.165) is 36.2 Å². The van der Waals surface area contributed by atoms with Crippen molar-refractivity contribution in [1.29, 1.82) is 0 Å². The third-order valence-corrected chi connectivity index (χ3v) is 5.50. The summed E-state index contributed by atoms with van der Waals surface area (Å²) in [5, 5.41) is 7.31. The minimum Gasteiger partial charge on any atom is -0.346 e. The molecule has 152 valence electrons. The number of benzene rings is 2. The number of nitrogens with one attached hydrogen (secondary N) is 3. The van der Waals surface area contributed by atoms with E-state index in [4.69, 9.17) is 4.98 Å². The van der Waals surface area contributed by atoms with E-state index in [-0.39, 0.29) is 5.91 Å². The van der Waals surface area contributed by atoms with Crippen molar-refractivity contribution in [3.05, 3.63) is 65.2 Å². The first-order chi connectivity index (χ1) is 14.0. The number of aromatic nitrogens is 1. The van der Waals surface area contributed by atoms with Crippen LogP contribution in [-0.2, 0) is 0 Å². The monoisotopic (exact) mass is 391 g/mol. The SMILES string of the molecule is CC[NH+](CC)CCNC(=O)c1cc(Nc2ccc(C)c(C)c2)nc2ccccc12. The fourth-order valence-electron chi connectivity index (χ4n) is 3.45. The molecule has 5 heteroatoms. The number of amides is 1. The lowest BCUT2D eigenvalue weighted by atomic mass is 10.1. The molecule has 0 saturated carbocycles. The highest BCUT2D eigenvalue weighted by Crippen LogP contribution is 2.24. The summed E-state index contributed by atoms with van der Waals surface area (Å²) in [5.41, 5.74) is 4.88. The van der Waals surface area contributed by atoms with Crippen molar-refractivity contribution in [1.82, 2.24) is 10.3 Å². The van der Waals surface area contributed by atoms with Crippen molar-refractivity contribution in [3.63, 3.8) is 0 Å². The zero-order chi connectivity index (χ0) is 20.8. The van der Waals surface area contributed by atoms with E-state index in [1.807, 2.05) is 36.4 Å². The zero-order valence-electron chi connectivity index (χ0n) is 17.8. The Morgan fingerprint density at radius 2 is 1.76 bits per heavy atom. The molecule has 3 aromatic rings. The zero-order valence-corrected chi connectivity index (χ0v) is 17.8. The van der Waals surface area contributed by atoms with Crippen molar-refractivity contribution >= 4 is 28.3 Å². The third-order valence-electron chi connectivity index (χ3n) is 5.50. The fraction of sp³-hybridized carbons (Fsp3) is 0.333. The minimum atomic E-state index is -0.0571. The molecule has 5 nitrogen and oxygen atoms in total. The summed E-state index contributed by atoms with van der Waals surface area (Å²) in [6.07, 6.45) is 0. The van der Waals surface area contributed by atoms with Gasteiger partial charge in [-0.1, -0.05) is 24.3 Å². The van der Waals surface area contributed by atoms with Crippen LogP contribution in [0.5, 0.6) is 0 Å². The average Bonchev–Trinajstić information content (AvgIpc) is 2.73. The lowest BCUT2D eigenvalue weighted by Gasteiger charge is -2.16. The second-order valence-corrected chi connectivity index (χ2v) is 7.46. The number of likely N-dealkylation sites (N-methyl/N-ethyl adjacent to an activating group) is 1. The minimum absolute atomic E-state index is 0.0571. The van der Waals surface area contributed by atoms with E-state index < -0.39 is 0 Å². The molecule has 0 unspecified atom stereocenters. The van der Waals surface area contributed by atoms with Gasteiger partial charge in [0.25, 0.3) is 5.91 Å². The van der Waals surface area contributed by atoms with Crippen LogP contribution >= 0.6 is 0 Å². The molecule has 0 aliphatic carbocycles. The van der Waals surface area contributed by atoms with Gasteiger partial charge < -0.3 is 15.5 Å². The predicted octanol–water partition coefficient (Wildman–Crippen LogP) is 3.25. The van der Waals surface area contributed by atoms with Crippen molar-refractivity contribution in [2.45, 2.75) is 27.7 Å². The molecule has 0 atom stereocenters. The molecular formula is C24H31N4O+. The van der Waals surface area contributed by atoms with Crippen molar-refractivity contribution in [3.8, 4) is 0 Å². The number of fused-ring (bicyclic) bond motifs is 1. The van der Waals surface area contributed by atoms with Gasteiger partial charge in [0.1, 0.15) is 5.82 Å². The molecule has 29 heavy (non-hydrogen) atoms. The first-order valence-electron chi connectivity index (χ1n) is 10.4. The van der Waals surface area contributed by atoms with Gasteiger partial charge in [0.15, 0.2) is 0 Å². The second-order valence-electron chi connectivity index (χ2n) is 7.46. The van der Waals surface area contributed by atoms with Gasteiger partial charge in [0.05, 0.1) is 37.3 Å².